The molecule has 194 valence electrons. The van der Waals surface area contributed by atoms with Crippen LogP contribution in [-0.4, -0.2) is 67.7 Å². The van der Waals surface area contributed by atoms with Crippen LogP contribution in [0.1, 0.15) is 32.3 Å². The average molecular weight is 523 g/mol. The van der Waals surface area contributed by atoms with Crippen molar-refractivity contribution in [3.05, 3.63) is 60.3 Å². The second-order valence-corrected chi connectivity index (χ2v) is 11.7. The lowest BCUT2D eigenvalue weighted by atomic mass is 9.83. The van der Waals surface area contributed by atoms with E-state index < -0.39 is 15.4 Å². The molecule has 9 nitrogen and oxygen atoms in total. The normalized spacial score (nSPS) is 18.8. The maximum Gasteiger partial charge on any atom is 0.254 e. The minimum absolute atomic E-state index is 0.100. The second-order valence-electron chi connectivity index (χ2n) is 9.76. The minimum atomic E-state index is -3.73. The maximum atomic E-state index is 13.5. The number of ether oxygens (including phenoxy) is 2. The number of sulfonamides is 1. The van der Waals surface area contributed by atoms with E-state index in [0.29, 0.717) is 48.7 Å². The van der Waals surface area contributed by atoms with Crippen molar-refractivity contribution in [2.45, 2.75) is 37.6 Å². The number of hydrogen-bond acceptors (Lipinski definition) is 7. The number of amides is 1. The Bertz CT molecular complexity index is 1490. The van der Waals surface area contributed by atoms with E-state index in [1.165, 1.54) is 4.31 Å². The Hall–Kier alpha value is -3.50. The Labute approximate surface area is 216 Å². The molecule has 10 heteroatoms. The number of methoxy groups -OCH3 is 2. The van der Waals surface area contributed by atoms with Crippen molar-refractivity contribution >= 4 is 32.5 Å². The smallest absolute Gasteiger partial charge is 0.254 e. The predicted molar refractivity (Wildman–Crippen MR) is 140 cm³/mol. The number of nitrogens with zero attached hydrogens (tertiary/aromatic N) is 4. The monoisotopic (exact) mass is 522 g/mol. The minimum Gasteiger partial charge on any atom is -0.493 e. The maximum absolute atomic E-state index is 13.5. The number of carbonyl (C=O) groups excluding carboxylic acids is 1. The highest BCUT2D eigenvalue weighted by molar-refractivity contribution is 7.89. The number of fused-ring (bicyclic) bond motifs is 1. The molecule has 0 bridgehead atoms. The molecule has 2 aliphatic heterocycles. The van der Waals surface area contributed by atoms with E-state index in [1.54, 1.807) is 49.7 Å². The van der Waals surface area contributed by atoms with Gasteiger partial charge >= 0.3 is 0 Å². The summed E-state index contributed by atoms with van der Waals surface area (Å²) in [5.41, 5.74) is 1.06. The topological polar surface area (TPSA) is 101 Å². The van der Waals surface area contributed by atoms with E-state index in [9.17, 15) is 13.2 Å². The summed E-state index contributed by atoms with van der Waals surface area (Å²) < 4.78 is 39.3. The fourth-order valence-corrected chi connectivity index (χ4v) is 6.70. The Morgan fingerprint density at radius 2 is 1.68 bits per heavy atom. The summed E-state index contributed by atoms with van der Waals surface area (Å²) >= 11 is 0. The van der Waals surface area contributed by atoms with Crippen molar-refractivity contribution in [3.63, 3.8) is 0 Å². The zero-order valence-corrected chi connectivity index (χ0v) is 22.2. The molecular weight excluding hydrogens is 492 g/mol. The Kier molecular flexibility index (Phi) is 6.41. The molecule has 0 N–H and O–H groups in total. The largest absolute Gasteiger partial charge is 0.493 e. The molecule has 2 aliphatic rings. The average Bonchev–Trinajstić information content (AvgIpc) is 3.16. The molecule has 0 unspecified atom stereocenters. The number of hydrazone groups is 1. The van der Waals surface area contributed by atoms with Crippen LogP contribution in [-0.2, 0) is 14.8 Å². The molecule has 2 aromatic carbocycles. The van der Waals surface area contributed by atoms with E-state index in [0.717, 1.165) is 10.9 Å². The molecule has 0 saturated carbocycles. The molecule has 1 fully saturated rings. The number of carbonyl (C=O) groups is 1. The molecule has 0 aliphatic carbocycles. The quantitative estimate of drug-likeness (QED) is 0.490. The predicted octanol–water partition coefficient (Wildman–Crippen LogP) is 3.68. The van der Waals surface area contributed by atoms with Gasteiger partial charge in [-0.2, -0.15) is 9.41 Å². The summed E-state index contributed by atoms with van der Waals surface area (Å²) in [6, 6.07) is 14.1. The van der Waals surface area contributed by atoms with Gasteiger partial charge in [0.1, 0.15) is 4.90 Å². The van der Waals surface area contributed by atoms with Crippen LogP contribution in [0.15, 0.2) is 64.7 Å². The van der Waals surface area contributed by atoms with Crippen molar-refractivity contribution < 1.29 is 22.7 Å². The second kappa shape index (κ2) is 9.42. The Morgan fingerprint density at radius 1 is 0.973 bits per heavy atom. The first-order valence-electron chi connectivity index (χ1n) is 12.2. The first kappa shape index (κ1) is 25.2. The first-order valence-corrected chi connectivity index (χ1v) is 13.6. The zero-order chi connectivity index (χ0) is 26.4. The highest BCUT2D eigenvalue weighted by Gasteiger charge is 2.47. The van der Waals surface area contributed by atoms with Gasteiger partial charge in [-0.1, -0.05) is 18.2 Å². The molecular formula is C27H30N4O5S. The Morgan fingerprint density at radius 3 is 2.38 bits per heavy atom. The van der Waals surface area contributed by atoms with Crippen LogP contribution in [0.4, 0.5) is 0 Å². The van der Waals surface area contributed by atoms with Gasteiger partial charge in [-0.3, -0.25) is 9.78 Å². The van der Waals surface area contributed by atoms with Crippen molar-refractivity contribution in [3.8, 4) is 11.5 Å². The molecule has 0 spiro atoms. The van der Waals surface area contributed by atoms with Crippen molar-refractivity contribution in [2.75, 3.05) is 27.3 Å². The summed E-state index contributed by atoms with van der Waals surface area (Å²) in [7, 11) is -0.595. The van der Waals surface area contributed by atoms with Gasteiger partial charge in [0.25, 0.3) is 5.91 Å². The van der Waals surface area contributed by atoms with Gasteiger partial charge in [0.15, 0.2) is 11.5 Å². The first-order chi connectivity index (χ1) is 17.7. The summed E-state index contributed by atoms with van der Waals surface area (Å²) in [5, 5.41) is 7.09. The number of hydrogen-bond donors (Lipinski definition) is 0. The molecule has 1 saturated heterocycles. The van der Waals surface area contributed by atoms with Crippen LogP contribution in [0.25, 0.3) is 10.9 Å². The number of aromatic nitrogens is 1. The number of para-hydroxylation sites is 1. The standard InChI is InChI=1S/C27H30N4O5S/c1-27(2)25(19-10-11-21(35-3)22(17-19)36-4)29-31(26(27)32)20-12-15-30(16-13-20)37(33,34)23-9-5-7-18-8-6-14-28-24(18)23/h5-11,14,17,20H,12-13,15-16H2,1-4H3. The number of pyridine rings is 1. The fourth-order valence-electron chi connectivity index (χ4n) is 5.07. The number of benzene rings is 2. The van der Waals surface area contributed by atoms with Gasteiger partial charge in [0.2, 0.25) is 10.0 Å². The zero-order valence-electron chi connectivity index (χ0n) is 21.3. The van der Waals surface area contributed by atoms with E-state index in [1.807, 2.05) is 38.1 Å². The fraction of sp³-hybridized carbons (Fsp3) is 0.370. The third kappa shape index (κ3) is 4.23. The third-order valence-electron chi connectivity index (χ3n) is 7.18. The number of piperidine rings is 1. The lowest BCUT2D eigenvalue weighted by Gasteiger charge is -2.35. The third-order valence-corrected chi connectivity index (χ3v) is 9.11. The highest BCUT2D eigenvalue weighted by atomic mass is 32.2. The van der Waals surface area contributed by atoms with E-state index >= 15 is 0 Å². The summed E-state index contributed by atoms with van der Waals surface area (Å²) in [5.74, 6) is 1.06. The van der Waals surface area contributed by atoms with Crippen LogP contribution in [0.3, 0.4) is 0 Å². The molecule has 0 radical (unpaired) electrons. The molecule has 37 heavy (non-hydrogen) atoms. The molecule has 5 rings (SSSR count). The lowest BCUT2D eigenvalue weighted by Crippen LogP contribution is -2.47. The summed E-state index contributed by atoms with van der Waals surface area (Å²) in [6.45, 7) is 4.30. The molecule has 3 heterocycles. The van der Waals surface area contributed by atoms with Gasteiger partial charge < -0.3 is 9.47 Å². The summed E-state index contributed by atoms with van der Waals surface area (Å²) in [6.07, 6.45) is 2.58. The van der Waals surface area contributed by atoms with Crippen LogP contribution in [0.2, 0.25) is 0 Å². The number of rotatable bonds is 6. The van der Waals surface area contributed by atoms with Crippen molar-refractivity contribution in [2.24, 2.45) is 10.5 Å². The van der Waals surface area contributed by atoms with Crippen molar-refractivity contribution in [1.82, 2.24) is 14.3 Å². The van der Waals surface area contributed by atoms with Gasteiger partial charge in [-0.25, -0.2) is 13.4 Å². The summed E-state index contributed by atoms with van der Waals surface area (Å²) in [4.78, 5) is 18.0. The molecule has 3 aromatic rings. The van der Waals surface area contributed by atoms with Crippen LogP contribution in [0, 0.1) is 5.41 Å². The molecule has 0 atom stereocenters. The van der Waals surface area contributed by atoms with Crippen LogP contribution >= 0.6 is 0 Å². The highest BCUT2D eigenvalue weighted by Crippen LogP contribution is 2.38. The van der Waals surface area contributed by atoms with Crippen molar-refractivity contribution in [1.29, 1.82) is 0 Å². The van der Waals surface area contributed by atoms with E-state index in [-0.39, 0.29) is 16.8 Å². The van der Waals surface area contributed by atoms with Gasteiger partial charge in [-0.05, 0) is 57.0 Å². The van der Waals surface area contributed by atoms with E-state index in [4.69, 9.17) is 14.6 Å². The molecule has 1 aromatic heterocycles. The van der Waals surface area contributed by atoms with Gasteiger partial charge in [0.05, 0.1) is 36.9 Å². The Balaban J connectivity index is 1.37. The van der Waals surface area contributed by atoms with Crippen LogP contribution < -0.4 is 9.47 Å². The van der Waals surface area contributed by atoms with E-state index in [2.05, 4.69) is 4.98 Å². The lowest BCUT2D eigenvalue weighted by molar-refractivity contribution is -0.137. The molecule has 1 amide bonds. The van der Waals surface area contributed by atoms with Gasteiger partial charge in [-0.15, -0.1) is 0 Å². The van der Waals surface area contributed by atoms with Crippen LogP contribution in [0.5, 0.6) is 11.5 Å². The van der Waals surface area contributed by atoms with Gasteiger partial charge in [0, 0.05) is 30.2 Å². The SMILES string of the molecule is COc1ccc(C2=NN(C3CCN(S(=O)(=O)c4cccc5cccnc45)CC3)C(=O)C2(C)C)cc1OC.